The summed E-state index contributed by atoms with van der Waals surface area (Å²) in [6.45, 7) is 21.4. The van der Waals surface area contributed by atoms with E-state index >= 15 is 0 Å². The predicted octanol–water partition coefficient (Wildman–Crippen LogP) is 10.2. The maximum absolute atomic E-state index is 7.28. The van der Waals surface area contributed by atoms with Crippen molar-refractivity contribution in [1.29, 1.82) is 0 Å². The van der Waals surface area contributed by atoms with Crippen molar-refractivity contribution in [3.05, 3.63) is 84.5 Å². The molecular weight excluding hydrogens is 637 g/mol. The van der Waals surface area contributed by atoms with Crippen molar-refractivity contribution in [2.75, 3.05) is 6.61 Å². The van der Waals surface area contributed by atoms with Crippen LogP contribution in [0.15, 0.2) is 84.5 Å². The fraction of sp³-hybridized carbons (Fsp3) is 0.628. The highest BCUT2D eigenvalue weighted by atomic mass is 28.4. The van der Waals surface area contributed by atoms with Gasteiger partial charge >= 0.3 is 0 Å². The molecule has 1 aliphatic heterocycles. The Kier molecular flexibility index (Phi) is 12.7. The van der Waals surface area contributed by atoms with Gasteiger partial charge in [0.05, 0.1) is 18.3 Å². The van der Waals surface area contributed by atoms with Gasteiger partial charge in [-0.3, -0.25) is 0 Å². The van der Waals surface area contributed by atoms with Gasteiger partial charge in [-0.05, 0) is 96.9 Å². The Morgan fingerprint density at radius 2 is 1.39 bits per heavy atom. The van der Waals surface area contributed by atoms with Crippen LogP contribution in [0.5, 0.6) is 0 Å². The molecule has 6 atom stereocenters. The van der Waals surface area contributed by atoms with E-state index in [2.05, 4.69) is 141 Å². The van der Waals surface area contributed by atoms with E-state index < -0.39 is 22.4 Å². The van der Waals surface area contributed by atoms with Crippen LogP contribution in [-0.4, -0.2) is 47.3 Å². The maximum Gasteiger partial charge on any atom is 0.261 e. The number of ether oxygens (including phenoxy) is 2. The number of fused-ring (bicyclic) bond motifs is 1. The summed E-state index contributed by atoms with van der Waals surface area (Å²) in [7, 11) is -4.29. The summed E-state index contributed by atoms with van der Waals surface area (Å²) < 4.78 is 27.8. The Morgan fingerprint density at radius 3 is 1.94 bits per heavy atom. The molecule has 49 heavy (non-hydrogen) atoms. The summed E-state index contributed by atoms with van der Waals surface area (Å²) in [6.07, 6.45) is 14.3. The molecule has 2 aliphatic carbocycles. The first kappa shape index (κ1) is 38.4. The van der Waals surface area contributed by atoms with Crippen LogP contribution in [0, 0.1) is 17.8 Å². The first-order valence-corrected chi connectivity index (χ1v) is 24.0. The van der Waals surface area contributed by atoms with E-state index in [0.29, 0.717) is 30.5 Å². The molecule has 1 heterocycles. The maximum atomic E-state index is 7.28. The molecule has 2 aromatic carbocycles. The van der Waals surface area contributed by atoms with Crippen molar-refractivity contribution in [2.45, 2.75) is 148 Å². The van der Waals surface area contributed by atoms with Crippen LogP contribution in [0.4, 0.5) is 0 Å². The molecule has 0 aromatic heterocycles. The fourth-order valence-electron chi connectivity index (χ4n) is 9.33. The van der Waals surface area contributed by atoms with Gasteiger partial charge in [0.15, 0.2) is 14.1 Å². The highest BCUT2D eigenvalue weighted by molar-refractivity contribution is 6.99. The highest BCUT2D eigenvalue weighted by Gasteiger charge is 2.50. The van der Waals surface area contributed by atoms with Crippen molar-refractivity contribution in [3.63, 3.8) is 0 Å². The van der Waals surface area contributed by atoms with Crippen LogP contribution in [0.3, 0.4) is 0 Å². The molecule has 0 radical (unpaired) electrons. The minimum Gasteiger partial charge on any atom is -0.413 e. The molecule has 0 spiro atoms. The predicted molar refractivity (Wildman–Crippen MR) is 211 cm³/mol. The van der Waals surface area contributed by atoms with Gasteiger partial charge in [0.25, 0.3) is 8.32 Å². The average molecular weight is 703 g/mol. The normalized spacial score (nSPS) is 27.4. The minimum absolute atomic E-state index is 0.0410. The Labute approximate surface area is 301 Å². The van der Waals surface area contributed by atoms with Gasteiger partial charge in [0, 0.05) is 18.9 Å². The van der Waals surface area contributed by atoms with E-state index in [4.69, 9.17) is 18.3 Å². The van der Waals surface area contributed by atoms with Crippen LogP contribution < -0.4 is 10.4 Å². The van der Waals surface area contributed by atoms with Gasteiger partial charge in [0.2, 0.25) is 0 Å². The minimum atomic E-state index is -2.59. The van der Waals surface area contributed by atoms with E-state index in [1.54, 1.807) is 0 Å². The molecule has 270 valence electrons. The lowest BCUT2D eigenvalue weighted by molar-refractivity contribution is -0.302. The highest BCUT2D eigenvalue weighted by Crippen LogP contribution is 2.46. The van der Waals surface area contributed by atoms with Crippen LogP contribution in [0.2, 0.25) is 23.2 Å². The zero-order valence-corrected chi connectivity index (χ0v) is 34.2. The Bertz CT molecular complexity index is 1330. The molecule has 6 heteroatoms. The number of rotatable bonds is 14. The quantitative estimate of drug-likeness (QED) is 0.184. The fourth-order valence-corrected chi connectivity index (χ4v) is 16.8. The van der Waals surface area contributed by atoms with Gasteiger partial charge < -0.3 is 18.3 Å². The van der Waals surface area contributed by atoms with Crippen LogP contribution in [-0.2, 0) is 18.3 Å². The van der Waals surface area contributed by atoms with Crippen molar-refractivity contribution < 1.29 is 18.3 Å². The number of hydrogen-bond donors (Lipinski definition) is 0. The molecule has 5 rings (SSSR count). The third kappa shape index (κ3) is 8.64. The summed E-state index contributed by atoms with van der Waals surface area (Å²) in [6, 6.07) is 25.6. The number of allylic oxidation sites excluding steroid dienone is 3. The van der Waals surface area contributed by atoms with E-state index in [-0.39, 0.29) is 17.2 Å². The van der Waals surface area contributed by atoms with Crippen LogP contribution in [0.25, 0.3) is 0 Å². The van der Waals surface area contributed by atoms with Crippen LogP contribution in [0.1, 0.15) is 101 Å². The molecule has 0 bridgehead atoms. The molecule has 2 aromatic rings. The van der Waals surface area contributed by atoms with Gasteiger partial charge in [-0.2, -0.15) is 0 Å². The van der Waals surface area contributed by atoms with Gasteiger partial charge in [0.1, 0.15) is 0 Å². The topological polar surface area (TPSA) is 36.9 Å². The van der Waals surface area contributed by atoms with E-state index in [9.17, 15) is 0 Å². The third-order valence-electron chi connectivity index (χ3n) is 12.1. The Morgan fingerprint density at radius 1 is 0.816 bits per heavy atom. The molecule has 4 nitrogen and oxygen atoms in total. The van der Waals surface area contributed by atoms with E-state index in [1.807, 2.05) is 0 Å². The average Bonchev–Trinajstić information content (AvgIpc) is 3.08. The molecule has 2 unspecified atom stereocenters. The summed E-state index contributed by atoms with van der Waals surface area (Å²) in [4.78, 5) is 0. The number of benzene rings is 2. The van der Waals surface area contributed by atoms with E-state index in [0.717, 1.165) is 38.5 Å². The van der Waals surface area contributed by atoms with Crippen molar-refractivity contribution in [1.82, 2.24) is 0 Å². The molecule has 0 N–H and O–H groups in total. The summed E-state index contributed by atoms with van der Waals surface area (Å²) in [5, 5.41) is 2.61. The lowest BCUT2D eigenvalue weighted by Gasteiger charge is -2.46. The molecule has 3 aliphatic rings. The Hall–Kier alpha value is -1.81. The zero-order valence-electron chi connectivity index (χ0n) is 32.2. The summed E-state index contributed by atoms with van der Waals surface area (Å²) in [5.41, 5.74) is 1.53. The smallest absolute Gasteiger partial charge is 0.261 e. The standard InChI is InChI=1S/C43H66O4Si2/c1-10-48(11-2,12-3)47-40-25-19-20-34-27-26-33(4)39(41(34)40)29-28-35-32-36(46-43(8,9)45-35)30-31-44-49(42(5,6)7,37-21-15-13-16-22-37)38-23-17-14-18-24-38/h13-18,20-24,26-27,33,35-36,39-41H,10-12,19,25,28-32H2,1-9H3/t33-,35+,36?,39-,40?,41-/m0/s1. The third-order valence-corrected chi connectivity index (χ3v) is 21.8. The molecular formula is C43H66O4Si2. The van der Waals surface area contributed by atoms with Crippen LogP contribution >= 0.6 is 0 Å². The molecule has 0 saturated carbocycles. The van der Waals surface area contributed by atoms with Crippen molar-refractivity contribution in [2.24, 2.45) is 17.8 Å². The van der Waals surface area contributed by atoms with Gasteiger partial charge in [-0.1, -0.05) is 127 Å². The monoisotopic (exact) mass is 702 g/mol. The van der Waals surface area contributed by atoms with E-state index in [1.165, 1.54) is 34.1 Å². The van der Waals surface area contributed by atoms with Crippen molar-refractivity contribution in [3.8, 4) is 0 Å². The first-order valence-electron chi connectivity index (χ1n) is 19.5. The Balaban J connectivity index is 1.29. The second-order valence-electron chi connectivity index (χ2n) is 16.6. The van der Waals surface area contributed by atoms with Gasteiger partial charge in [-0.25, -0.2) is 0 Å². The number of hydrogen-bond acceptors (Lipinski definition) is 4. The summed E-state index contributed by atoms with van der Waals surface area (Å²) in [5.74, 6) is 0.994. The molecule has 1 saturated heterocycles. The van der Waals surface area contributed by atoms with Crippen molar-refractivity contribution >= 4 is 27.0 Å². The lowest BCUT2D eigenvalue weighted by Crippen LogP contribution is -2.66. The second-order valence-corrected chi connectivity index (χ2v) is 25.6. The SMILES string of the molecule is CC[Si](CC)(CC)OC1CCC=C2C=C[C@H](C)[C@H](CC[C@@H]3CC(CCO[Si](c4ccccc4)(c4ccccc4)C(C)(C)C)OC(C)(C)O3)[C@H]21. The molecule has 0 amide bonds. The van der Waals surface area contributed by atoms with Gasteiger partial charge in [-0.15, -0.1) is 0 Å². The first-order chi connectivity index (χ1) is 23.4. The lowest BCUT2D eigenvalue weighted by atomic mass is 9.66. The zero-order chi connectivity index (χ0) is 35.3. The largest absolute Gasteiger partial charge is 0.413 e. The summed E-state index contributed by atoms with van der Waals surface area (Å²) >= 11 is 0. The molecule has 1 fully saturated rings. The second kappa shape index (κ2) is 16.3.